The van der Waals surface area contributed by atoms with Gasteiger partial charge in [0, 0.05) is 28.3 Å². The molecule has 0 aliphatic heterocycles. The standard InChI is InChI=1S/C29H25NO5/c1-16(2)28(34)35-29-21-12-8-7-11-19(21)23(20-14-13-17(3)15-22(20)29)24(25(29)27(32)33)26(31)30-18-9-5-4-6-10-18/h4-15,23-25H,1H2,2-3H3,(H,30,31)(H,32,33). The van der Waals surface area contributed by atoms with Gasteiger partial charge in [0.15, 0.2) is 5.60 Å². The molecular formula is C29H25NO5. The van der Waals surface area contributed by atoms with Gasteiger partial charge in [0.05, 0.1) is 5.92 Å². The molecule has 2 bridgehead atoms. The van der Waals surface area contributed by atoms with Crippen LogP contribution in [0.4, 0.5) is 5.69 Å². The van der Waals surface area contributed by atoms with E-state index in [9.17, 15) is 19.5 Å². The number of anilines is 1. The smallest absolute Gasteiger partial charge is 0.334 e. The van der Waals surface area contributed by atoms with Crippen LogP contribution in [-0.2, 0) is 24.7 Å². The maximum atomic E-state index is 13.8. The van der Waals surface area contributed by atoms with Crippen molar-refractivity contribution in [3.63, 3.8) is 0 Å². The fraction of sp³-hybridized carbons (Fsp3) is 0.207. The highest BCUT2D eigenvalue weighted by molar-refractivity contribution is 5.99. The van der Waals surface area contributed by atoms with E-state index in [1.165, 1.54) is 6.92 Å². The van der Waals surface area contributed by atoms with Crippen molar-refractivity contribution in [2.24, 2.45) is 11.8 Å². The van der Waals surface area contributed by atoms with Gasteiger partial charge >= 0.3 is 11.9 Å². The van der Waals surface area contributed by atoms with Gasteiger partial charge in [-0.05, 0) is 37.1 Å². The zero-order valence-electron chi connectivity index (χ0n) is 19.4. The Hall–Kier alpha value is -4.19. The summed E-state index contributed by atoms with van der Waals surface area (Å²) in [6.45, 7) is 7.13. The second-order valence-electron chi connectivity index (χ2n) is 9.26. The first-order chi connectivity index (χ1) is 16.8. The minimum absolute atomic E-state index is 0.146. The predicted molar refractivity (Wildman–Crippen MR) is 131 cm³/mol. The van der Waals surface area contributed by atoms with E-state index >= 15 is 0 Å². The molecule has 6 nitrogen and oxygen atoms in total. The zero-order chi connectivity index (χ0) is 24.9. The Morgan fingerprint density at radius 2 is 1.60 bits per heavy atom. The number of hydrogen-bond acceptors (Lipinski definition) is 4. The number of amides is 1. The topological polar surface area (TPSA) is 92.7 Å². The fourth-order valence-electron chi connectivity index (χ4n) is 5.63. The predicted octanol–water partition coefficient (Wildman–Crippen LogP) is 4.77. The van der Waals surface area contributed by atoms with Gasteiger partial charge in [-0.2, -0.15) is 0 Å². The van der Waals surface area contributed by atoms with Crippen molar-refractivity contribution in [3.05, 3.63) is 113 Å². The second kappa shape index (κ2) is 8.24. The Bertz CT molecular complexity index is 1380. The maximum absolute atomic E-state index is 13.8. The summed E-state index contributed by atoms with van der Waals surface area (Å²) < 4.78 is 6.14. The number of carbonyl (C=O) groups is 3. The lowest BCUT2D eigenvalue weighted by molar-refractivity contribution is -0.177. The van der Waals surface area contributed by atoms with E-state index in [1.54, 1.807) is 36.4 Å². The van der Waals surface area contributed by atoms with Gasteiger partial charge in [-0.1, -0.05) is 72.8 Å². The third-order valence-electron chi connectivity index (χ3n) is 7.01. The SMILES string of the molecule is C=C(C)C(=O)OC12c3ccccc3C(c3ccc(C)cc31)C(C(=O)Nc1ccccc1)C2C(=O)O. The normalized spacial score (nSPS) is 23.5. The largest absolute Gasteiger partial charge is 0.481 e. The number of rotatable bonds is 5. The van der Waals surface area contributed by atoms with Crippen LogP contribution in [0.3, 0.4) is 0 Å². The Morgan fingerprint density at radius 3 is 2.29 bits per heavy atom. The number of carboxylic acid groups (broad SMARTS) is 1. The summed E-state index contributed by atoms with van der Waals surface area (Å²) in [7, 11) is 0. The molecule has 0 spiro atoms. The van der Waals surface area contributed by atoms with Gasteiger partial charge in [-0.3, -0.25) is 9.59 Å². The number of carbonyl (C=O) groups excluding carboxylic acids is 2. The Labute approximate surface area is 203 Å². The number of aryl methyl sites for hydroxylation is 1. The van der Waals surface area contributed by atoms with Crippen LogP contribution >= 0.6 is 0 Å². The molecule has 3 aliphatic rings. The zero-order valence-corrected chi connectivity index (χ0v) is 19.4. The molecule has 35 heavy (non-hydrogen) atoms. The number of hydrogen-bond donors (Lipinski definition) is 2. The van der Waals surface area contributed by atoms with Crippen LogP contribution in [0.15, 0.2) is 84.9 Å². The summed E-state index contributed by atoms with van der Waals surface area (Å²) >= 11 is 0. The molecule has 4 unspecified atom stereocenters. The van der Waals surface area contributed by atoms with Gasteiger partial charge < -0.3 is 15.2 Å². The first-order valence-corrected chi connectivity index (χ1v) is 11.4. The highest BCUT2D eigenvalue weighted by Gasteiger charge is 2.66. The van der Waals surface area contributed by atoms with Crippen molar-refractivity contribution in [3.8, 4) is 0 Å². The summed E-state index contributed by atoms with van der Waals surface area (Å²) in [5.41, 5.74) is 2.68. The van der Waals surface area contributed by atoms with Crippen molar-refractivity contribution in [2.75, 3.05) is 5.32 Å². The van der Waals surface area contributed by atoms with Crippen molar-refractivity contribution in [1.82, 2.24) is 0 Å². The molecule has 0 aromatic heterocycles. The first kappa shape index (κ1) is 22.6. The lowest BCUT2D eigenvalue weighted by Crippen LogP contribution is -2.59. The Kier molecular flexibility index (Phi) is 5.32. The molecule has 6 heteroatoms. The molecule has 3 aliphatic carbocycles. The van der Waals surface area contributed by atoms with E-state index < -0.39 is 41.2 Å². The van der Waals surface area contributed by atoms with E-state index in [1.807, 2.05) is 43.3 Å². The molecule has 0 fully saturated rings. The summed E-state index contributed by atoms with van der Waals surface area (Å²) in [5.74, 6) is -5.23. The lowest BCUT2D eigenvalue weighted by Gasteiger charge is -2.54. The quantitative estimate of drug-likeness (QED) is 0.416. The molecule has 0 saturated carbocycles. The van der Waals surface area contributed by atoms with Gasteiger partial charge in [-0.15, -0.1) is 0 Å². The van der Waals surface area contributed by atoms with Crippen molar-refractivity contribution in [2.45, 2.75) is 25.4 Å². The first-order valence-electron chi connectivity index (χ1n) is 11.4. The van der Waals surface area contributed by atoms with Gasteiger partial charge in [0.1, 0.15) is 5.92 Å². The second-order valence-corrected chi connectivity index (χ2v) is 9.26. The van der Waals surface area contributed by atoms with Crippen molar-refractivity contribution >= 4 is 23.5 Å². The van der Waals surface area contributed by atoms with Crippen LogP contribution in [0.1, 0.15) is 40.7 Å². The van der Waals surface area contributed by atoms with Crippen LogP contribution in [0.2, 0.25) is 0 Å². The molecule has 0 saturated heterocycles. The molecule has 6 rings (SSSR count). The van der Waals surface area contributed by atoms with Crippen molar-refractivity contribution in [1.29, 1.82) is 0 Å². The van der Waals surface area contributed by atoms with Crippen LogP contribution in [-0.4, -0.2) is 23.0 Å². The number of para-hydroxylation sites is 1. The Balaban J connectivity index is 1.80. The minimum Gasteiger partial charge on any atom is -0.481 e. The fourth-order valence-corrected chi connectivity index (χ4v) is 5.63. The van der Waals surface area contributed by atoms with Crippen LogP contribution in [0.25, 0.3) is 0 Å². The van der Waals surface area contributed by atoms with Crippen LogP contribution in [0.5, 0.6) is 0 Å². The summed E-state index contributed by atoms with van der Waals surface area (Å²) in [6, 6.07) is 21.9. The number of aliphatic carboxylic acids is 1. The van der Waals surface area contributed by atoms with Gasteiger partial charge in [0.2, 0.25) is 5.91 Å². The van der Waals surface area contributed by atoms with Gasteiger partial charge in [-0.25, -0.2) is 4.79 Å². The number of fused-ring (bicyclic) bond motifs is 1. The summed E-state index contributed by atoms with van der Waals surface area (Å²) in [4.78, 5) is 39.8. The molecule has 2 N–H and O–H groups in total. The molecular weight excluding hydrogens is 442 g/mol. The highest BCUT2D eigenvalue weighted by Crippen LogP contribution is 2.62. The van der Waals surface area contributed by atoms with E-state index in [0.717, 1.165) is 16.7 Å². The van der Waals surface area contributed by atoms with E-state index in [2.05, 4.69) is 11.9 Å². The van der Waals surface area contributed by atoms with Crippen LogP contribution in [0, 0.1) is 18.8 Å². The highest BCUT2D eigenvalue weighted by atomic mass is 16.6. The molecule has 0 heterocycles. The number of ether oxygens (including phenoxy) is 1. The molecule has 1 amide bonds. The maximum Gasteiger partial charge on any atom is 0.334 e. The lowest BCUT2D eigenvalue weighted by atomic mass is 9.51. The third kappa shape index (κ3) is 3.36. The number of carboxylic acids is 1. The van der Waals surface area contributed by atoms with E-state index in [-0.39, 0.29) is 5.57 Å². The molecule has 4 atom stereocenters. The van der Waals surface area contributed by atoms with E-state index in [4.69, 9.17) is 4.74 Å². The van der Waals surface area contributed by atoms with E-state index in [0.29, 0.717) is 16.8 Å². The molecule has 3 aromatic rings. The average Bonchev–Trinajstić information content (AvgIpc) is 2.84. The molecule has 3 aromatic carbocycles. The van der Waals surface area contributed by atoms with Gasteiger partial charge in [0.25, 0.3) is 0 Å². The monoisotopic (exact) mass is 467 g/mol. The van der Waals surface area contributed by atoms with Crippen LogP contribution < -0.4 is 5.32 Å². The number of esters is 1. The molecule has 176 valence electrons. The summed E-state index contributed by atoms with van der Waals surface area (Å²) in [6.07, 6.45) is 0. The minimum atomic E-state index is -1.69. The summed E-state index contributed by atoms with van der Waals surface area (Å²) in [5, 5.41) is 13.5. The average molecular weight is 468 g/mol. The number of benzene rings is 3. The molecule has 0 radical (unpaired) electrons. The Morgan fingerprint density at radius 1 is 0.943 bits per heavy atom. The number of nitrogens with one attached hydrogen (secondary N) is 1. The third-order valence-corrected chi connectivity index (χ3v) is 7.01. The van der Waals surface area contributed by atoms with Crippen molar-refractivity contribution < 1.29 is 24.2 Å².